The predicted octanol–water partition coefficient (Wildman–Crippen LogP) is 1.94. The number of carbonyl (C=O) groups excluding carboxylic acids is 1. The number of amides is 1. The minimum Gasteiger partial charge on any atom is -0.353 e. The molecule has 2 unspecified atom stereocenters. The number of rotatable bonds is 8. The van der Waals surface area contributed by atoms with Gasteiger partial charge in [-0.2, -0.15) is 11.8 Å². The molecule has 1 fully saturated rings. The molecule has 1 saturated heterocycles. The second-order valence-electron chi connectivity index (χ2n) is 6.66. The lowest BCUT2D eigenvalue weighted by Gasteiger charge is -2.39. The summed E-state index contributed by atoms with van der Waals surface area (Å²) in [5, 5.41) is 3.07. The molecule has 1 heterocycles. The summed E-state index contributed by atoms with van der Waals surface area (Å²) < 4.78 is 0. The number of piperidine rings is 1. The average Bonchev–Trinajstić information content (AvgIpc) is 2.46. The first-order valence-corrected chi connectivity index (χ1v) is 9.61. The Balaban J connectivity index is 2.42. The van der Waals surface area contributed by atoms with Crippen LogP contribution in [0.25, 0.3) is 0 Å². The van der Waals surface area contributed by atoms with Crippen molar-refractivity contribution < 1.29 is 4.79 Å². The zero-order chi connectivity index (χ0) is 15.8. The number of likely N-dealkylation sites (tertiary alicyclic amines) is 1. The van der Waals surface area contributed by atoms with Crippen molar-refractivity contribution in [3.63, 3.8) is 0 Å². The Bertz CT molecular complexity index is 304. The number of nitrogens with two attached hydrogens (primary N) is 1. The van der Waals surface area contributed by atoms with Crippen LogP contribution >= 0.6 is 11.8 Å². The van der Waals surface area contributed by atoms with E-state index in [2.05, 4.69) is 31.0 Å². The molecule has 1 rings (SSSR count). The van der Waals surface area contributed by atoms with Gasteiger partial charge in [0.15, 0.2) is 0 Å². The molecule has 0 bridgehead atoms. The molecule has 0 aromatic heterocycles. The van der Waals surface area contributed by atoms with Crippen LogP contribution in [0.4, 0.5) is 0 Å². The summed E-state index contributed by atoms with van der Waals surface area (Å²) in [6.45, 7) is 9.83. The Morgan fingerprint density at radius 3 is 2.52 bits per heavy atom. The van der Waals surface area contributed by atoms with Gasteiger partial charge in [0.25, 0.3) is 0 Å². The molecule has 2 atom stereocenters. The van der Waals surface area contributed by atoms with Crippen LogP contribution in [0, 0.1) is 11.8 Å². The van der Waals surface area contributed by atoms with Gasteiger partial charge in [-0.3, -0.25) is 9.69 Å². The minimum absolute atomic E-state index is 0.0000718. The summed E-state index contributed by atoms with van der Waals surface area (Å²) in [6.07, 6.45) is 5.33. The highest BCUT2D eigenvalue weighted by molar-refractivity contribution is 7.98. The van der Waals surface area contributed by atoms with Gasteiger partial charge in [0.1, 0.15) is 0 Å². The Kier molecular flexibility index (Phi) is 8.67. The number of hydrogen-bond donors (Lipinski definition) is 2. The van der Waals surface area contributed by atoms with Gasteiger partial charge in [-0.25, -0.2) is 0 Å². The van der Waals surface area contributed by atoms with E-state index in [0.717, 1.165) is 37.7 Å². The smallest absolute Gasteiger partial charge is 0.237 e. The minimum atomic E-state index is -0.369. The second-order valence-corrected chi connectivity index (χ2v) is 7.65. The van der Waals surface area contributed by atoms with Gasteiger partial charge >= 0.3 is 0 Å². The van der Waals surface area contributed by atoms with Crippen LogP contribution in [0.1, 0.15) is 40.0 Å². The highest BCUT2D eigenvalue weighted by Crippen LogP contribution is 2.21. The molecular formula is C16H33N3OS. The first kappa shape index (κ1) is 18.8. The zero-order valence-corrected chi connectivity index (χ0v) is 14.9. The molecule has 1 aliphatic heterocycles. The van der Waals surface area contributed by atoms with Gasteiger partial charge in [-0.05, 0) is 56.2 Å². The van der Waals surface area contributed by atoms with E-state index in [9.17, 15) is 4.79 Å². The molecule has 5 heteroatoms. The molecule has 1 aliphatic rings. The first-order valence-electron chi connectivity index (χ1n) is 8.22. The number of carbonyl (C=O) groups is 1. The molecule has 4 nitrogen and oxygen atoms in total. The third-order valence-corrected chi connectivity index (χ3v) is 5.16. The lowest BCUT2D eigenvalue weighted by molar-refractivity contribution is -0.122. The fraction of sp³-hybridized carbons (Fsp3) is 0.938. The summed E-state index contributed by atoms with van der Waals surface area (Å²) >= 11 is 1.73. The van der Waals surface area contributed by atoms with Gasteiger partial charge in [-0.1, -0.05) is 20.8 Å². The summed E-state index contributed by atoms with van der Waals surface area (Å²) in [4.78, 5) is 14.6. The second kappa shape index (κ2) is 9.70. The van der Waals surface area contributed by atoms with Crippen molar-refractivity contribution in [2.75, 3.05) is 31.6 Å². The van der Waals surface area contributed by atoms with E-state index in [4.69, 9.17) is 5.73 Å². The molecule has 124 valence electrons. The monoisotopic (exact) mass is 315 g/mol. The fourth-order valence-electron chi connectivity index (χ4n) is 2.86. The molecule has 0 saturated carbocycles. The third kappa shape index (κ3) is 6.57. The lowest BCUT2D eigenvalue weighted by Crippen LogP contribution is -2.52. The van der Waals surface area contributed by atoms with Gasteiger partial charge in [0.2, 0.25) is 5.91 Å². The molecular weight excluding hydrogens is 282 g/mol. The van der Waals surface area contributed by atoms with E-state index in [1.165, 1.54) is 12.8 Å². The van der Waals surface area contributed by atoms with Crippen LogP contribution in [-0.4, -0.2) is 54.5 Å². The van der Waals surface area contributed by atoms with E-state index in [-0.39, 0.29) is 11.9 Å². The van der Waals surface area contributed by atoms with E-state index in [1.54, 1.807) is 11.8 Å². The third-order valence-electron chi connectivity index (χ3n) is 4.51. The highest BCUT2D eigenvalue weighted by Gasteiger charge is 2.26. The van der Waals surface area contributed by atoms with Crippen molar-refractivity contribution in [3.05, 3.63) is 0 Å². The Labute approximate surface area is 134 Å². The largest absolute Gasteiger partial charge is 0.353 e. The molecule has 0 aliphatic carbocycles. The van der Waals surface area contributed by atoms with Crippen molar-refractivity contribution in [2.24, 2.45) is 17.6 Å². The van der Waals surface area contributed by atoms with Crippen LogP contribution in [0.5, 0.6) is 0 Å². The lowest BCUT2D eigenvalue weighted by atomic mass is 9.94. The van der Waals surface area contributed by atoms with Crippen LogP contribution in [-0.2, 0) is 4.79 Å². The average molecular weight is 316 g/mol. The maximum absolute atomic E-state index is 12.0. The summed E-state index contributed by atoms with van der Waals surface area (Å²) in [6, 6.07) is 0.0563. The van der Waals surface area contributed by atoms with E-state index < -0.39 is 0 Å². The summed E-state index contributed by atoms with van der Waals surface area (Å²) in [7, 11) is 0. The van der Waals surface area contributed by atoms with Crippen molar-refractivity contribution in [2.45, 2.75) is 52.1 Å². The van der Waals surface area contributed by atoms with Gasteiger partial charge in [0, 0.05) is 12.6 Å². The van der Waals surface area contributed by atoms with E-state index >= 15 is 0 Å². The molecule has 0 spiro atoms. The number of hydrogen-bond acceptors (Lipinski definition) is 4. The Morgan fingerprint density at radius 2 is 2.00 bits per heavy atom. The van der Waals surface area contributed by atoms with Crippen molar-refractivity contribution in [1.82, 2.24) is 10.2 Å². The Morgan fingerprint density at radius 1 is 1.38 bits per heavy atom. The molecule has 3 N–H and O–H groups in total. The fourth-order valence-corrected chi connectivity index (χ4v) is 3.35. The molecule has 1 amide bonds. The normalized spacial score (nSPS) is 20.5. The summed E-state index contributed by atoms with van der Waals surface area (Å²) in [5.41, 5.74) is 5.92. The highest BCUT2D eigenvalue weighted by atomic mass is 32.2. The summed E-state index contributed by atoms with van der Waals surface area (Å²) in [5.74, 6) is 2.32. The van der Waals surface area contributed by atoms with Gasteiger partial charge < -0.3 is 11.1 Å². The van der Waals surface area contributed by atoms with Crippen LogP contribution < -0.4 is 11.1 Å². The predicted molar refractivity (Wildman–Crippen MR) is 92.6 cm³/mol. The maximum atomic E-state index is 12.0. The van der Waals surface area contributed by atoms with Crippen LogP contribution in [0.3, 0.4) is 0 Å². The van der Waals surface area contributed by atoms with E-state index in [1.807, 2.05) is 6.26 Å². The Hall–Kier alpha value is -0.260. The zero-order valence-electron chi connectivity index (χ0n) is 14.1. The van der Waals surface area contributed by atoms with Gasteiger partial charge in [0.05, 0.1) is 6.04 Å². The molecule has 21 heavy (non-hydrogen) atoms. The standard InChI is InChI=1S/C16H33N3OS/c1-12(2)15(19-8-5-13(3)6-9-19)11-18-16(20)14(17)7-10-21-4/h12-15H,5-11,17H2,1-4H3,(H,18,20). The molecule has 0 radical (unpaired) electrons. The van der Waals surface area contributed by atoms with Crippen molar-refractivity contribution >= 4 is 17.7 Å². The van der Waals surface area contributed by atoms with Crippen molar-refractivity contribution in [1.29, 1.82) is 0 Å². The van der Waals surface area contributed by atoms with Gasteiger partial charge in [-0.15, -0.1) is 0 Å². The maximum Gasteiger partial charge on any atom is 0.237 e. The van der Waals surface area contributed by atoms with Crippen molar-refractivity contribution in [3.8, 4) is 0 Å². The van der Waals surface area contributed by atoms with Crippen LogP contribution in [0.15, 0.2) is 0 Å². The quantitative estimate of drug-likeness (QED) is 0.719. The molecule has 0 aromatic carbocycles. The van der Waals surface area contributed by atoms with E-state index in [0.29, 0.717) is 12.0 Å². The first-order chi connectivity index (χ1) is 9.95. The topological polar surface area (TPSA) is 58.4 Å². The number of nitrogens with one attached hydrogen (secondary N) is 1. The number of nitrogens with zero attached hydrogens (tertiary/aromatic N) is 1. The SMILES string of the molecule is CSCCC(N)C(=O)NCC(C(C)C)N1CCC(C)CC1. The number of thioether (sulfide) groups is 1. The molecule has 0 aromatic rings. The van der Waals surface area contributed by atoms with Crippen LogP contribution in [0.2, 0.25) is 0 Å².